The van der Waals surface area contributed by atoms with Crippen molar-refractivity contribution in [3.8, 4) is 0 Å². The van der Waals surface area contributed by atoms with Crippen LogP contribution in [-0.2, 0) is 20.1 Å². The molecule has 5 heteroatoms. The number of carbonyl (C=O) groups excluding carboxylic acids is 1. The highest BCUT2D eigenvalue weighted by atomic mass is 16.3. The molecule has 0 bridgehead atoms. The molecule has 0 unspecified atom stereocenters. The Hall–Kier alpha value is -2.95. The largest absolute Gasteiger partial charge is 0.467 e. The fourth-order valence-corrected chi connectivity index (χ4v) is 2.49. The van der Waals surface area contributed by atoms with Gasteiger partial charge in [0.2, 0.25) is 0 Å². The van der Waals surface area contributed by atoms with E-state index in [1.165, 1.54) is 0 Å². The summed E-state index contributed by atoms with van der Waals surface area (Å²) in [5.41, 5.74) is 2.99. The highest BCUT2D eigenvalue weighted by Gasteiger charge is 2.17. The van der Waals surface area contributed by atoms with Gasteiger partial charge >= 0.3 is 6.03 Å². The molecule has 2 aromatic heterocycles. The molecular weight excluding hydrogens is 302 g/mol. The van der Waals surface area contributed by atoms with Crippen molar-refractivity contribution in [2.45, 2.75) is 20.0 Å². The average molecular weight is 323 g/mol. The van der Waals surface area contributed by atoms with Gasteiger partial charge in [-0.1, -0.05) is 17.7 Å². The average Bonchev–Trinajstić information content (AvgIpc) is 3.21. The summed E-state index contributed by atoms with van der Waals surface area (Å²) >= 11 is 0. The number of nitrogens with one attached hydrogen (secondary N) is 1. The zero-order valence-electron chi connectivity index (χ0n) is 13.9. The molecule has 1 N–H and O–H groups in total. The van der Waals surface area contributed by atoms with Crippen LogP contribution < -0.4 is 5.32 Å². The first-order valence-electron chi connectivity index (χ1n) is 7.87. The van der Waals surface area contributed by atoms with Gasteiger partial charge in [0.1, 0.15) is 5.76 Å². The molecule has 1 aromatic carbocycles. The molecule has 2 amide bonds. The van der Waals surface area contributed by atoms with Gasteiger partial charge in [0.25, 0.3) is 0 Å². The Balaban J connectivity index is 1.76. The van der Waals surface area contributed by atoms with Crippen LogP contribution in [0.25, 0.3) is 0 Å². The molecule has 124 valence electrons. The van der Waals surface area contributed by atoms with E-state index in [1.807, 2.05) is 73.3 Å². The smallest absolute Gasteiger partial charge is 0.322 e. The molecule has 3 rings (SSSR count). The zero-order valence-corrected chi connectivity index (χ0v) is 13.9. The van der Waals surface area contributed by atoms with Crippen molar-refractivity contribution in [1.29, 1.82) is 0 Å². The van der Waals surface area contributed by atoms with Crippen LogP contribution in [0.4, 0.5) is 10.5 Å². The van der Waals surface area contributed by atoms with E-state index < -0.39 is 0 Å². The number of benzene rings is 1. The van der Waals surface area contributed by atoms with Gasteiger partial charge in [-0.15, -0.1) is 0 Å². The van der Waals surface area contributed by atoms with Crippen LogP contribution in [0.1, 0.15) is 17.0 Å². The third-order valence-corrected chi connectivity index (χ3v) is 3.92. The monoisotopic (exact) mass is 323 g/mol. The molecule has 0 saturated carbocycles. The van der Waals surface area contributed by atoms with Gasteiger partial charge in [0.15, 0.2) is 0 Å². The third kappa shape index (κ3) is 3.87. The van der Waals surface area contributed by atoms with Crippen LogP contribution in [0.5, 0.6) is 0 Å². The number of hydrogen-bond acceptors (Lipinski definition) is 2. The van der Waals surface area contributed by atoms with E-state index in [1.54, 1.807) is 11.2 Å². The second kappa shape index (κ2) is 7.08. The molecule has 0 radical (unpaired) electrons. The molecule has 0 aliphatic carbocycles. The quantitative estimate of drug-likeness (QED) is 0.766. The highest BCUT2D eigenvalue weighted by Crippen LogP contribution is 2.14. The molecule has 0 spiro atoms. The van der Waals surface area contributed by atoms with Crippen LogP contribution >= 0.6 is 0 Å². The molecule has 3 aromatic rings. The van der Waals surface area contributed by atoms with Crippen LogP contribution in [0.15, 0.2) is 65.4 Å². The minimum absolute atomic E-state index is 0.156. The van der Waals surface area contributed by atoms with Crippen molar-refractivity contribution in [1.82, 2.24) is 9.47 Å². The lowest BCUT2D eigenvalue weighted by Crippen LogP contribution is -2.34. The Bertz CT molecular complexity index is 788. The highest BCUT2D eigenvalue weighted by molar-refractivity contribution is 5.89. The Morgan fingerprint density at radius 2 is 1.92 bits per heavy atom. The van der Waals surface area contributed by atoms with Crippen molar-refractivity contribution in [3.05, 3.63) is 78.0 Å². The van der Waals surface area contributed by atoms with E-state index in [2.05, 4.69) is 5.32 Å². The second-order valence-electron chi connectivity index (χ2n) is 5.84. The molecule has 0 aliphatic rings. The number of carbonyl (C=O) groups is 1. The van der Waals surface area contributed by atoms with Gasteiger partial charge < -0.3 is 19.2 Å². The number of rotatable bonds is 5. The number of hydrogen-bond donors (Lipinski definition) is 1. The summed E-state index contributed by atoms with van der Waals surface area (Å²) in [4.78, 5) is 14.5. The normalized spacial score (nSPS) is 10.6. The number of anilines is 1. The van der Waals surface area contributed by atoms with Crippen molar-refractivity contribution >= 4 is 11.7 Å². The fourth-order valence-electron chi connectivity index (χ4n) is 2.49. The summed E-state index contributed by atoms with van der Waals surface area (Å²) in [6.45, 7) is 2.93. The van der Waals surface area contributed by atoms with E-state index in [4.69, 9.17) is 4.42 Å². The second-order valence-corrected chi connectivity index (χ2v) is 5.84. The van der Waals surface area contributed by atoms with E-state index >= 15 is 0 Å². The van der Waals surface area contributed by atoms with Gasteiger partial charge in [0.05, 0.1) is 19.4 Å². The maximum absolute atomic E-state index is 12.7. The van der Waals surface area contributed by atoms with Crippen molar-refractivity contribution in [3.63, 3.8) is 0 Å². The molecule has 2 heterocycles. The topological polar surface area (TPSA) is 50.4 Å². The van der Waals surface area contributed by atoms with Gasteiger partial charge in [-0.2, -0.15) is 0 Å². The lowest BCUT2D eigenvalue weighted by molar-refractivity contribution is 0.200. The van der Waals surface area contributed by atoms with Crippen molar-refractivity contribution < 1.29 is 9.21 Å². The van der Waals surface area contributed by atoms with E-state index in [0.717, 1.165) is 22.7 Å². The first-order valence-corrected chi connectivity index (χ1v) is 7.87. The summed E-state index contributed by atoms with van der Waals surface area (Å²) in [5.74, 6) is 0.753. The standard InChI is InChI=1S/C19H21N3O2/c1-15-7-9-16(10-8-15)20-19(23)22(14-18-6-4-12-24-18)13-17-5-3-11-21(17)2/h3-12H,13-14H2,1-2H3,(H,20,23). The minimum Gasteiger partial charge on any atom is -0.467 e. The number of urea groups is 1. The maximum Gasteiger partial charge on any atom is 0.322 e. The molecule has 0 atom stereocenters. The molecular formula is C19H21N3O2. The number of aromatic nitrogens is 1. The minimum atomic E-state index is -0.156. The van der Waals surface area contributed by atoms with Gasteiger partial charge in [-0.3, -0.25) is 0 Å². The zero-order chi connectivity index (χ0) is 16.9. The molecule has 5 nitrogen and oxygen atoms in total. The summed E-state index contributed by atoms with van der Waals surface area (Å²) in [6, 6.07) is 15.3. The summed E-state index contributed by atoms with van der Waals surface area (Å²) in [7, 11) is 1.97. The number of amides is 2. The first-order chi connectivity index (χ1) is 11.6. The summed E-state index contributed by atoms with van der Waals surface area (Å²) in [5, 5.41) is 2.95. The van der Waals surface area contributed by atoms with Crippen molar-refractivity contribution in [2.75, 3.05) is 5.32 Å². The predicted molar refractivity (Wildman–Crippen MR) is 93.6 cm³/mol. The lowest BCUT2D eigenvalue weighted by Gasteiger charge is -2.22. The SMILES string of the molecule is Cc1ccc(NC(=O)N(Cc2ccco2)Cc2cccn2C)cc1. The van der Waals surface area contributed by atoms with E-state index in [9.17, 15) is 4.79 Å². The number of furan rings is 1. The van der Waals surface area contributed by atoms with E-state index in [-0.39, 0.29) is 6.03 Å². The predicted octanol–water partition coefficient (Wildman–Crippen LogP) is 4.16. The fraction of sp³-hybridized carbons (Fsp3) is 0.211. The molecule has 0 aliphatic heterocycles. The number of aryl methyl sites for hydroxylation is 2. The molecule has 24 heavy (non-hydrogen) atoms. The third-order valence-electron chi connectivity index (χ3n) is 3.92. The van der Waals surface area contributed by atoms with Crippen LogP contribution in [-0.4, -0.2) is 15.5 Å². The Kier molecular flexibility index (Phi) is 4.70. The van der Waals surface area contributed by atoms with Crippen LogP contribution in [0.3, 0.4) is 0 Å². The first kappa shape index (κ1) is 15.9. The molecule has 0 saturated heterocycles. The lowest BCUT2D eigenvalue weighted by atomic mass is 10.2. The number of nitrogens with zero attached hydrogens (tertiary/aromatic N) is 2. The van der Waals surface area contributed by atoms with Crippen molar-refractivity contribution in [2.24, 2.45) is 7.05 Å². The summed E-state index contributed by atoms with van der Waals surface area (Å²) < 4.78 is 7.41. The van der Waals surface area contributed by atoms with Gasteiger partial charge in [0, 0.05) is 24.6 Å². The Morgan fingerprint density at radius 1 is 1.12 bits per heavy atom. The Labute approximate surface area is 141 Å². The molecule has 0 fully saturated rings. The maximum atomic E-state index is 12.7. The Morgan fingerprint density at radius 3 is 2.54 bits per heavy atom. The van der Waals surface area contributed by atoms with Crippen LogP contribution in [0.2, 0.25) is 0 Å². The summed E-state index contributed by atoms with van der Waals surface area (Å²) in [6.07, 6.45) is 3.59. The van der Waals surface area contributed by atoms with Gasteiger partial charge in [-0.25, -0.2) is 4.79 Å². The van der Waals surface area contributed by atoms with E-state index in [0.29, 0.717) is 13.1 Å². The van der Waals surface area contributed by atoms with Crippen LogP contribution in [0, 0.1) is 6.92 Å². The van der Waals surface area contributed by atoms with Gasteiger partial charge in [-0.05, 0) is 43.3 Å².